The number of ether oxygens (including phenoxy) is 1. The van der Waals surface area contributed by atoms with E-state index in [2.05, 4.69) is 49.8 Å². The van der Waals surface area contributed by atoms with Crippen LogP contribution < -0.4 is 16.0 Å². The second kappa shape index (κ2) is 17.8. The van der Waals surface area contributed by atoms with Gasteiger partial charge in [-0.1, -0.05) is 102 Å². The summed E-state index contributed by atoms with van der Waals surface area (Å²) in [5, 5.41) is 9.61. The minimum atomic E-state index is -2.43. The molecule has 0 bridgehead atoms. The first kappa shape index (κ1) is 41.2. The number of nitrogens with zero attached hydrogens (tertiary/aromatic N) is 1. The van der Waals surface area contributed by atoms with E-state index in [9.17, 15) is 14.4 Å². The summed E-state index contributed by atoms with van der Waals surface area (Å²) in [4.78, 5) is 43.6. The molecule has 1 fully saturated rings. The van der Waals surface area contributed by atoms with Crippen molar-refractivity contribution in [3.05, 3.63) is 71.8 Å². The highest BCUT2D eigenvalue weighted by Gasteiger charge is 2.43. The van der Waals surface area contributed by atoms with Crippen molar-refractivity contribution in [3.63, 3.8) is 0 Å². The third-order valence-corrected chi connectivity index (χ3v) is 14.4. The molecular weight excluding hydrogens is 645 g/mol. The van der Waals surface area contributed by atoms with Crippen LogP contribution >= 0.6 is 0 Å². The molecule has 5 atom stereocenters. The van der Waals surface area contributed by atoms with Gasteiger partial charge >= 0.3 is 6.09 Å². The Labute approximate surface area is 302 Å². The van der Waals surface area contributed by atoms with Crippen LogP contribution in [0.25, 0.3) is 0 Å². The fourth-order valence-electron chi connectivity index (χ4n) is 5.98. The van der Waals surface area contributed by atoms with E-state index in [1.54, 1.807) is 0 Å². The summed E-state index contributed by atoms with van der Waals surface area (Å²) in [6, 6.07) is 18.8. The van der Waals surface area contributed by atoms with Crippen LogP contribution in [0.1, 0.15) is 86.3 Å². The molecule has 9 nitrogen and oxygen atoms in total. The number of carbonyl (C=O) groups is 3. The van der Waals surface area contributed by atoms with E-state index in [-0.39, 0.29) is 28.9 Å². The van der Waals surface area contributed by atoms with Gasteiger partial charge in [-0.15, -0.1) is 0 Å². The van der Waals surface area contributed by atoms with Crippen LogP contribution in [-0.4, -0.2) is 74.2 Å². The zero-order chi connectivity index (χ0) is 37.3. The zero-order valence-corrected chi connectivity index (χ0v) is 33.5. The Morgan fingerprint density at radius 3 is 1.90 bits per heavy atom. The molecule has 278 valence electrons. The van der Waals surface area contributed by atoms with Crippen LogP contribution in [0.15, 0.2) is 60.7 Å². The molecule has 50 heavy (non-hydrogen) atoms. The van der Waals surface area contributed by atoms with Crippen molar-refractivity contribution in [3.8, 4) is 0 Å². The van der Waals surface area contributed by atoms with Crippen molar-refractivity contribution < 1.29 is 23.5 Å². The number of hydrogen-bond donors (Lipinski definition) is 3. The number of likely N-dealkylation sites (tertiary alicyclic amines) is 1. The number of carbonyl (C=O) groups excluding carboxylic acids is 3. The lowest BCUT2D eigenvalue weighted by Crippen LogP contribution is -2.63. The van der Waals surface area contributed by atoms with E-state index in [4.69, 9.17) is 9.16 Å². The van der Waals surface area contributed by atoms with Crippen molar-refractivity contribution in [2.24, 2.45) is 11.8 Å². The Hall–Kier alpha value is -3.21. The molecule has 3 N–H and O–H groups in total. The summed E-state index contributed by atoms with van der Waals surface area (Å²) < 4.78 is 12.9. The van der Waals surface area contributed by atoms with Gasteiger partial charge in [-0.3, -0.25) is 14.9 Å². The Kier molecular flexibility index (Phi) is 14.7. The van der Waals surface area contributed by atoms with Crippen molar-refractivity contribution in [1.82, 2.24) is 20.9 Å². The molecule has 0 saturated carbocycles. The van der Waals surface area contributed by atoms with E-state index < -0.39 is 44.1 Å². The molecule has 2 aromatic carbocycles. The van der Waals surface area contributed by atoms with Crippen LogP contribution in [0, 0.1) is 11.8 Å². The first-order valence-corrected chi connectivity index (χ1v) is 21.3. The Morgan fingerprint density at radius 2 is 1.44 bits per heavy atom. The largest absolute Gasteiger partial charge is 0.444 e. The lowest BCUT2D eigenvalue weighted by Gasteiger charge is -2.44. The highest BCUT2D eigenvalue weighted by Crippen LogP contribution is 2.39. The fourth-order valence-corrected chi connectivity index (χ4v) is 7.35. The lowest BCUT2D eigenvalue weighted by atomic mass is 9.88. The summed E-state index contributed by atoms with van der Waals surface area (Å²) in [6.07, 6.45) is 1.12. The molecule has 1 saturated heterocycles. The standard InChI is InChI=1S/C40H64N4O5Si/c1-12-41-34-23-24-44(34)37(46)35(28(2)3)43-36(45)31(25-29-19-15-13-16-20-29)27-33(49-50(10,11)40(7,8)9)32(26-30-21-17-14-18-22-30)42-38(47)48-39(4,5)6/h13-22,28,31-35,41H,12,23-27H2,1-11H3,(H,42,47)(H,43,45)/t31?,32?,33?,34?,35-/m0/s1. The van der Waals surface area contributed by atoms with Crippen LogP contribution in [0.2, 0.25) is 18.1 Å². The first-order chi connectivity index (χ1) is 23.3. The Balaban J connectivity index is 2.04. The molecule has 1 heterocycles. The molecule has 0 radical (unpaired) electrons. The number of alkyl carbamates (subject to hydrolysis) is 1. The minimum absolute atomic E-state index is 0.00851. The highest BCUT2D eigenvalue weighted by molar-refractivity contribution is 6.74. The molecule has 1 aliphatic rings. The van der Waals surface area contributed by atoms with Gasteiger partial charge < -0.3 is 24.7 Å². The molecule has 1 aliphatic heterocycles. The van der Waals surface area contributed by atoms with Crippen LogP contribution in [0.4, 0.5) is 4.79 Å². The molecule has 4 unspecified atom stereocenters. The van der Waals surface area contributed by atoms with Crippen molar-refractivity contribution in [1.29, 1.82) is 0 Å². The van der Waals surface area contributed by atoms with Crippen LogP contribution in [0.3, 0.4) is 0 Å². The molecular formula is C40H64N4O5Si. The van der Waals surface area contributed by atoms with Crippen LogP contribution in [0.5, 0.6) is 0 Å². The monoisotopic (exact) mass is 708 g/mol. The molecule has 3 rings (SSSR count). The number of rotatable bonds is 16. The van der Waals surface area contributed by atoms with E-state index in [1.165, 1.54) is 0 Å². The van der Waals surface area contributed by atoms with Gasteiger partial charge in [0.2, 0.25) is 11.8 Å². The Morgan fingerprint density at radius 1 is 0.880 bits per heavy atom. The third-order valence-electron chi connectivity index (χ3n) is 9.89. The summed E-state index contributed by atoms with van der Waals surface area (Å²) >= 11 is 0. The second-order valence-electron chi connectivity index (χ2n) is 16.6. The normalized spacial score (nSPS) is 17.7. The molecule has 0 aromatic heterocycles. The van der Waals surface area contributed by atoms with Gasteiger partial charge in [-0.2, -0.15) is 0 Å². The predicted molar refractivity (Wildman–Crippen MR) is 204 cm³/mol. The lowest BCUT2D eigenvalue weighted by molar-refractivity contribution is -0.146. The number of benzene rings is 2. The second-order valence-corrected chi connectivity index (χ2v) is 21.4. The van der Waals surface area contributed by atoms with E-state index in [0.717, 1.165) is 24.1 Å². The maximum absolute atomic E-state index is 14.5. The molecule has 0 aliphatic carbocycles. The summed E-state index contributed by atoms with van der Waals surface area (Å²) in [6.45, 7) is 23.9. The van der Waals surface area contributed by atoms with Crippen molar-refractivity contribution >= 4 is 26.2 Å². The van der Waals surface area contributed by atoms with Crippen molar-refractivity contribution in [2.45, 2.75) is 136 Å². The molecule has 3 amide bonds. The maximum Gasteiger partial charge on any atom is 0.407 e. The topological polar surface area (TPSA) is 109 Å². The average molecular weight is 709 g/mol. The number of nitrogens with one attached hydrogen (secondary N) is 3. The summed E-state index contributed by atoms with van der Waals surface area (Å²) in [5.41, 5.74) is 1.37. The van der Waals surface area contributed by atoms with Crippen molar-refractivity contribution in [2.75, 3.05) is 13.1 Å². The maximum atomic E-state index is 14.5. The van der Waals surface area contributed by atoms with Crippen LogP contribution in [-0.2, 0) is 31.6 Å². The van der Waals surface area contributed by atoms with Gasteiger partial charge in [0.15, 0.2) is 8.32 Å². The van der Waals surface area contributed by atoms with Gasteiger partial charge in [0.05, 0.1) is 18.3 Å². The van der Waals surface area contributed by atoms with Gasteiger partial charge in [0.25, 0.3) is 0 Å². The molecule has 0 spiro atoms. The Bertz CT molecular complexity index is 1370. The SMILES string of the molecule is CCNC1CCN1C(=O)[C@@H](NC(=O)C(Cc1ccccc1)CC(O[Si](C)(C)C(C)(C)C)C(Cc1ccccc1)NC(=O)OC(C)(C)C)C(C)C. The minimum Gasteiger partial charge on any atom is -0.444 e. The smallest absolute Gasteiger partial charge is 0.407 e. The predicted octanol–water partition coefficient (Wildman–Crippen LogP) is 7.07. The van der Waals surface area contributed by atoms with Gasteiger partial charge in [-0.05, 0) is 88.2 Å². The quantitative estimate of drug-likeness (QED) is 0.161. The van der Waals surface area contributed by atoms with E-state index >= 15 is 0 Å². The summed E-state index contributed by atoms with van der Waals surface area (Å²) in [7, 11) is -2.43. The zero-order valence-electron chi connectivity index (χ0n) is 32.5. The van der Waals surface area contributed by atoms with Gasteiger partial charge in [-0.25, -0.2) is 4.79 Å². The van der Waals surface area contributed by atoms with E-state index in [1.807, 2.05) is 107 Å². The van der Waals surface area contributed by atoms with Gasteiger partial charge in [0.1, 0.15) is 11.6 Å². The summed E-state index contributed by atoms with van der Waals surface area (Å²) in [5.74, 6) is -0.904. The third kappa shape index (κ3) is 12.2. The molecule has 2 aromatic rings. The number of amides is 3. The van der Waals surface area contributed by atoms with Gasteiger partial charge in [0, 0.05) is 12.5 Å². The first-order valence-electron chi connectivity index (χ1n) is 18.4. The number of hydrogen-bond acceptors (Lipinski definition) is 6. The fraction of sp³-hybridized carbons (Fsp3) is 0.625. The highest BCUT2D eigenvalue weighted by atomic mass is 28.4. The molecule has 10 heteroatoms. The van der Waals surface area contributed by atoms with E-state index in [0.29, 0.717) is 25.8 Å². The average Bonchev–Trinajstić information content (AvgIpc) is 3.00.